The maximum Gasteiger partial charge on any atom is 0.185 e. The lowest BCUT2D eigenvalue weighted by molar-refractivity contribution is 0.0903. The Bertz CT molecular complexity index is 383. The molecule has 1 atom stereocenters. The Morgan fingerprint density at radius 1 is 1.38 bits per heavy atom. The van der Waals surface area contributed by atoms with Gasteiger partial charge in [-0.3, -0.25) is 4.79 Å². The molecule has 1 aliphatic rings. The van der Waals surface area contributed by atoms with Crippen LogP contribution in [0.4, 0.5) is 0 Å². The van der Waals surface area contributed by atoms with Crippen LogP contribution in [0.15, 0.2) is 42.6 Å². The van der Waals surface area contributed by atoms with Gasteiger partial charge < -0.3 is 4.90 Å². The van der Waals surface area contributed by atoms with Crippen LogP contribution in [0.5, 0.6) is 0 Å². The molecular weight excluding hydrogens is 198 g/mol. The molecular formula is C14H17NO. The molecule has 0 N–H and O–H groups in total. The van der Waals surface area contributed by atoms with Crippen LogP contribution in [-0.4, -0.2) is 23.3 Å². The van der Waals surface area contributed by atoms with Gasteiger partial charge in [0, 0.05) is 12.1 Å². The van der Waals surface area contributed by atoms with E-state index in [1.807, 2.05) is 49.5 Å². The molecule has 0 aliphatic carbocycles. The van der Waals surface area contributed by atoms with E-state index < -0.39 is 0 Å². The van der Waals surface area contributed by atoms with Gasteiger partial charge in [0.2, 0.25) is 0 Å². The number of benzene rings is 1. The number of hydrogen-bond donors (Lipinski definition) is 0. The second-order valence-corrected chi connectivity index (χ2v) is 4.11. The second-order valence-electron chi connectivity index (χ2n) is 4.11. The predicted octanol–water partition coefficient (Wildman–Crippen LogP) is 2.87. The zero-order chi connectivity index (χ0) is 11.4. The third kappa shape index (κ3) is 2.16. The predicted molar refractivity (Wildman–Crippen MR) is 65.3 cm³/mol. The number of allylic oxidation sites excluding steroid dienone is 1. The summed E-state index contributed by atoms with van der Waals surface area (Å²) in [5.41, 5.74) is 0.823. The third-order valence-electron chi connectivity index (χ3n) is 3.00. The highest BCUT2D eigenvalue weighted by molar-refractivity contribution is 6.00. The Balaban J connectivity index is 2.16. The molecule has 1 saturated heterocycles. The Kier molecular flexibility index (Phi) is 3.40. The quantitative estimate of drug-likeness (QED) is 0.723. The van der Waals surface area contributed by atoms with Crippen LogP contribution in [0, 0.1) is 0 Å². The summed E-state index contributed by atoms with van der Waals surface area (Å²) < 4.78 is 0. The van der Waals surface area contributed by atoms with Crippen molar-refractivity contribution in [2.24, 2.45) is 0 Å². The first-order valence-corrected chi connectivity index (χ1v) is 5.81. The Hall–Kier alpha value is -1.57. The standard InChI is InChI=1S/C14H17NO/c1-2-10-15-11-6-9-13(15)14(16)12-7-4-3-5-8-12/h2-5,7-8,10,13H,6,9,11H2,1H3. The Morgan fingerprint density at radius 2 is 2.12 bits per heavy atom. The van der Waals surface area contributed by atoms with Gasteiger partial charge in [-0.1, -0.05) is 36.4 Å². The van der Waals surface area contributed by atoms with E-state index in [1.165, 1.54) is 0 Å². The van der Waals surface area contributed by atoms with Crippen LogP contribution in [0.2, 0.25) is 0 Å². The fraction of sp³-hybridized carbons (Fsp3) is 0.357. The molecule has 2 rings (SSSR count). The molecule has 2 heteroatoms. The molecule has 1 aromatic rings. The molecule has 0 saturated carbocycles. The molecule has 0 radical (unpaired) electrons. The molecule has 1 unspecified atom stereocenters. The Morgan fingerprint density at radius 3 is 2.81 bits per heavy atom. The maximum atomic E-state index is 12.3. The summed E-state index contributed by atoms with van der Waals surface area (Å²) in [6.45, 7) is 2.98. The minimum atomic E-state index is 0.0404. The SMILES string of the molecule is CC=CN1CCCC1C(=O)c1ccccc1. The van der Waals surface area contributed by atoms with Gasteiger partial charge in [0.15, 0.2) is 5.78 Å². The largest absolute Gasteiger partial charge is 0.367 e. The molecule has 1 aliphatic heterocycles. The van der Waals surface area contributed by atoms with Crippen molar-refractivity contribution in [3.8, 4) is 0 Å². The lowest BCUT2D eigenvalue weighted by atomic mass is 10.0. The molecule has 0 bridgehead atoms. The summed E-state index contributed by atoms with van der Waals surface area (Å²) in [6, 6.07) is 9.61. The minimum absolute atomic E-state index is 0.0404. The molecule has 0 aromatic heterocycles. The molecule has 16 heavy (non-hydrogen) atoms. The normalized spacial score (nSPS) is 20.6. The number of hydrogen-bond acceptors (Lipinski definition) is 2. The molecule has 0 spiro atoms. The number of nitrogens with zero attached hydrogens (tertiary/aromatic N) is 1. The van der Waals surface area contributed by atoms with Gasteiger partial charge >= 0.3 is 0 Å². The third-order valence-corrected chi connectivity index (χ3v) is 3.00. The van der Waals surface area contributed by atoms with Crippen molar-refractivity contribution in [1.82, 2.24) is 4.90 Å². The van der Waals surface area contributed by atoms with Crippen LogP contribution in [0.25, 0.3) is 0 Å². The van der Waals surface area contributed by atoms with Gasteiger partial charge in [-0.2, -0.15) is 0 Å². The first kappa shape index (κ1) is 10.9. The molecule has 2 nitrogen and oxygen atoms in total. The van der Waals surface area contributed by atoms with E-state index in [4.69, 9.17) is 0 Å². The van der Waals surface area contributed by atoms with E-state index in [2.05, 4.69) is 4.90 Å². The van der Waals surface area contributed by atoms with Crippen LogP contribution in [0.3, 0.4) is 0 Å². The second kappa shape index (κ2) is 4.97. The van der Waals surface area contributed by atoms with Crippen LogP contribution in [0.1, 0.15) is 30.1 Å². The number of rotatable bonds is 3. The summed E-state index contributed by atoms with van der Waals surface area (Å²) in [5, 5.41) is 0. The van der Waals surface area contributed by atoms with Crippen molar-refractivity contribution in [2.75, 3.05) is 6.54 Å². The summed E-state index contributed by atoms with van der Waals surface area (Å²) in [6.07, 6.45) is 6.10. The highest BCUT2D eigenvalue weighted by Crippen LogP contribution is 2.21. The van der Waals surface area contributed by atoms with Crippen molar-refractivity contribution in [1.29, 1.82) is 0 Å². The number of carbonyl (C=O) groups is 1. The van der Waals surface area contributed by atoms with E-state index in [0.717, 1.165) is 24.9 Å². The smallest absolute Gasteiger partial charge is 0.185 e. The average molecular weight is 215 g/mol. The van der Waals surface area contributed by atoms with Gasteiger partial charge in [-0.25, -0.2) is 0 Å². The van der Waals surface area contributed by atoms with Crippen LogP contribution < -0.4 is 0 Å². The zero-order valence-corrected chi connectivity index (χ0v) is 9.60. The Labute approximate surface area is 96.6 Å². The molecule has 84 valence electrons. The van der Waals surface area contributed by atoms with Crippen molar-refractivity contribution < 1.29 is 4.79 Å². The van der Waals surface area contributed by atoms with E-state index in [-0.39, 0.29) is 11.8 Å². The van der Waals surface area contributed by atoms with Gasteiger partial charge in [0.25, 0.3) is 0 Å². The fourth-order valence-electron chi connectivity index (χ4n) is 2.24. The zero-order valence-electron chi connectivity index (χ0n) is 9.60. The number of likely N-dealkylation sites (tertiary alicyclic amines) is 1. The van der Waals surface area contributed by atoms with Crippen molar-refractivity contribution >= 4 is 5.78 Å². The maximum absolute atomic E-state index is 12.3. The average Bonchev–Trinajstić information content (AvgIpc) is 2.78. The molecule has 1 aromatic carbocycles. The number of carbonyl (C=O) groups excluding carboxylic acids is 1. The monoisotopic (exact) mass is 215 g/mol. The first-order valence-electron chi connectivity index (χ1n) is 5.81. The van der Waals surface area contributed by atoms with E-state index in [1.54, 1.807) is 0 Å². The van der Waals surface area contributed by atoms with Gasteiger partial charge in [-0.05, 0) is 26.0 Å². The van der Waals surface area contributed by atoms with Crippen molar-refractivity contribution in [3.05, 3.63) is 48.2 Å². The van der Waals surface area contributed by atoms with Gasteiger partial charge in [0.05, 0.1) is 6.04 Å². The highest BCUT2D eigenvalue weighted by atomic mass is 16.1. The topological polar surface area (TPSA) is 20.3 Å². The van der Waals surface area contributed by atoms with Crippen molar-refractivity contribution in [3.63, 3.8) is 0 Å². The lowest BCUT2D eigenvalue weighted by Crippen LogP contribution is -2.32. The van der Waals surface area contributed by atoms with Gasteiger partial charge in [-0.15, -0.1) is 0 Å². The summed E-state index contributed by atoms with van der Waals surface area (Å²) in [5.74, 6) is 0.246. The van der Waals surface area contributed by atoms with Crippen LogP contribution >= 0.6 is 0 Å². The van der Waals surface area contributed by atoms with Crippen molar-refractivity contribution in [2.45, 2.75) is 25.8 Å². The van der Waals surface area contributed by atoms with Gasteiger partial charge in [0.1, 0.15) is 0 Å². The van der Waals surface area contributed by atoms with Crippen LogP contribution in [-0.2, 0) is 0 Å². The summed E-state index contributed by atoms with van der Waals surface area (Å²) >= 11 is 0. The molecule has 0 amide bonds. The summed E-state index contributed by atoms with van der Waals surface area (Å²) in [4.78, 5) is 14.4. The minimum Gasteiger partial charge on any atom is -0.367 e. The lowest BCUT2D eigenvalue weighted by Gasteiger charge is -2.21. The fourth-order valence-corrected chi connectivity index (χ4v) is 2.24. The highest BCUT2D eigenvalue weighted by Gasteiger charge is 2.28. The van der Waals surface area contributed by atoms with E-state index in [9.17, 15) is 4.79 Å². The van der Waals surface area contributed by atoms with E-state index >= 15 is 0 Å². The molecule has 1 fully saturated rings. The van der Waals surface area contributed by atoms with E-state index in [0.29, 0.717) is 0 Å². The number of ketones is 1. The number of Topliss-reactive ketones (excluding diaryl/α,β-unsaturated/α-hetero) is 1. The summed E-state index contributed by atoms with van der Waals surface area (Å²) in [7, 11) is 0. The first-order chi connectivity index (χ1) is 7.83. The molecule has 1 heterocycles.